The standard InChI is InChI=1S/C18H16N2O3S/c1-12-16(13(2)21)8-15(9-19)18(20-12)24-11-17(22)23-10-14-6-4-3-5-7-14/h3-8H,10-11H2,1-2H3. The van der Waals surface area contributed by atoms with Gasteiger partial charge in [0.1, 0.15) is 17.7 Å². The van der Waals surface area contributed by atoms with Crippen LogP contribution >= 0.6 is 11.8 Å². The van der Waals surface area contributed by atoms with E-state index in [-0.39, 0.29) is 29.7 Å². The number of nitrogens with zero attached hydrogens (tertiary/aromatic N) is 2. The highest BCUT2D eigenvalue weighted by molar-refractivity contribution is 7.99. The van der Waals surface area contributed by atoms with Crippen molar-refractivity contribution in [3.8, 4) is 6.07 Å². The molecular formula is C18H16N2O3S. The van der Waals surface area contributed by atoms with Gasteiger partial charge in [0.2, 0.25) is 0 Å². The van der Waals surface area contributed by atoms with Gasteiger partial charge in [-0.1, -0.05) is 42.1 Å². The lowest BCUT2D eigenvalue weighted by molar-refractivity contribution is -0.141. The monoisotopic (exact) mass is 340 g/mol. The maximum atomic E-state index is 11.8. The Morgan fingerprint density at radius 2 is 2.00 bits per heavy atom. The molecule has 0 N–H and O–H groups in total. The molecule has 0 atom stereocenters. The molecule has 0 unspecified atom stereocenters. The summed E-state index contributed by atoms with van der Waals surface area (Å²) in [4.78, 5) is 27.6. The fourth-order valence-electron chi connectivity index (χ4n) is 2.04. The lowest BCUT2D eigenvalue weighted by atomic mass is 10.1. The Labute approximate surface area is 144 Å². The van der Waals surface area contributed by atoms with Crippen LogP contribution in [0.3, 0.4) is 0 Å². The fraction of sp³-hybridized carbons (Fsp3) is 0.222. The Balaban J connectivity index is 1.98. The molecule has 0 saturated heterocycles. The number of pyridine rings is 1. The van der Waals surface area contributed by atoms with Gasteiger partial charge in [0.05, 0.1) is 11.3 Å². The molecule has 1 heterocycles. The van der Waals surface area contributed by atoms with E-state index in [1.165, 1.54) is 13.0 Å². The summed E-state index contributed by atoms with van der Waals surface area (Å²) in [7, 11) is 0. The van der Waals surface area contributed by atoms with E-state index >= 15 is 0 Å². The van der Waals surface area contributed by atoms with Gasteiger partial charge < -0.3 is 4.74 Å². The van der Waals surface area contributed by atoms with Gasteiger partial charge in [-0.25, -0.2) is 4.98 Å². The van der Waals surface area contributed by atoms with Crippen LogP contribution in [0.5, 0.6) is 0 Å². The number of benzene rings is 1. The van der Waals surface area contributed by atoms with Crippen LogP contribution in [0.2, 0.25) is 0 Å². The van der Waals surface area contributed by atoms with E-state index in [4.69, 9.17) is 4.74 Å². The van der Waals surface area contributed by atoms with Crippen LogP contribution in [-0.4, -0.2) is 22.5 Å². The molecule has 0 bridgehead atoms. The number of ether oxygens (including phenoxy) is 1. The summed E-state index contributed by atoms with van der Waals surface area (Å²) in [6, 6.07) is 12.9. The van der Waals surface area contributed by atoms with E-state index in [2.05, 4.69) is 4.98 Å². The molecule has 0 spiro atoms. The summed E-state index contributed by atoms with van der Waals surface area (Å²) in [5.74, 6) is -0.481. The Bertz CT molecular complexity index is 798. The molecular weight excluding hydrogens is 324 g/mol. The van der Waals surface area contributed by atoms with E-state index in [1.54, 1.807) is 6.92 Å². The Morgan fingerprint density at radius 1 is 1.29 bits per heavy atom. The predicted molar refractivity (Wildman–Crippen MR) is 90.7 cm³/mol. The van der Waals surface area contributed by atoms with Crippen molar-refractivity contribution in [3.05, 3.63) is 58.8 Å². The Kier molecular flexibility index (Phi) is 6.10. The van der Waals surface area contributed by atoms with E-state index in [0.29, 0.717) is 16.3 Å². The van der Waals surface area contributed by atoms with Crippen LogP contribution in [0, 0.1) is 18.3 Å². The molecule has 5 nitrogen and oxygen atoms in total. The van der Waals surface area contributed by atoms with Gasteiger partial charge in [-0.3, -0.25) is 9.59 Å². The molecule has 0 aliphatic rings. The SMILES string of the molecule is CC(=O)c1cc(C#N)c(SCC(=O)OCc2ccccc2)nc1C. The van der Waals surface area contributed by atoms with Crippen molar-refractivity contribution in [1.29, 1.82) is 5.26 Å². The van der Waals surface area contributed by atoms with Crippen molar-refractivity contribution in [2.45, 2.75) is 25.5 Å². The number of aromatic nitrogens is 1. The molecule has 0 aliphatic carbocycles. The molecule has 1 aromatic heterocycles. The van der Waals surface area contributed by atoms with Gasteiger partial charge in [-0.05, 0) is 25.5 Å². The molecule has 2 aromatic rings. The summed E-state index contributed by atoms with van der Waals surface area (Å²) in [5, 5.41) is 9.63. The zero-order valence-corrected chi connectivity index (χ0v) is 14.2. The number of Topliss-reactive ketones (excluding diaryl/α,β-unsaturated/α-hetero) is 1. The molecule has 0 aliphatic heterocycles. The topological polar surface area (TPSA) is 80.0 Å². The van der Waals surface area contributed by atoms with Crippen molar-refractivity contribution in [2.75, 3.05) is 5.75 Å². The summed E-state index contributed by atoms with van der Waals surface area (Å²) in [6.45, 7) is 3.34. The summed E-state index contributed by atoms with van der Waals surface area (Å²) in [5.41, 5.74) is 2.16. The number of aryl methyl sites for hydroxylation is 1. The molecule has 2 rings (SSSR count). The number of nitriles is 1. The van der Waals surface area contributed by atoms with Crippen molar-refractivity contribution < 1.29 is 14.3 Å². The number of carbonyl (C=O) groups excluding carboxylic acids is 2. The summed E-state index contributed by atoms with van der Waals surface area (Å²) >= 11 is 1.13. The first kappa shape index (κ1) is 17.7. The third kappa shape index (κ3) is 4.67. The van der Waals surface area contributed by atoms with Crippen LogP contribution in [0.4, 0.5) is 0 Å². The molecule has 122 valence electrons. The summed E-state index contributed by atoms with van der Waals surface area (Å²) < 4.78 is 5.19. The zero-order valence-electron chi connectivity index (χ0n) is 13.4. The van der Waals surface area contributed by atoms with E-state index < -0.39 is 0 Å². The van der Waals surface area contributed by atoms with Crippen LogP contribution < -0.4 is 0 Å². The molecule has 24 heavy (non-hydrogen) atoms. The number of carbonyl (C=O) groups is 2. The maximum Gasteiger partial charge on any atom is 0.316 e. The minimum absolute atomic E-state index is 0.0490. The first-order chi connectivity index (χ1) is 11.5. The normalized spacial score (nSPS) is 10.0. The second-order valence-electron chi connectivity index (χ2n) is 5.08. The maximum absolute atomic E-state index is 11.8. The zero-order chi connectivity index (χ0) is 17.5. The van der Waals surface area contributed by atoms with Gasteiger partial charge in [0, 0.05) is 11.3 Å². The smallest absolute Gasteiger partial charge is 0.316 e. The average Bonchev–Trinajstić information content (AvgIpc) is 2.58. The number of thioether (sulfide) groups is 1. The largest absolute Gasteiger partial charge is 0.460 e. The van der Waals surface area contributed by atoms with Crippen molar-refractivity contribution >= 4 is 23.5 Å². The molecule has 0 amide bonds. The quantitative estimate of drug-likeness (QED) is 0.456. The van der Waals surface area contributed by atoms with Crippen LogP contribution in [0.25, 0.3) is 0 Å². The number of ketones is 1. The minimum atomic E-state index is -0.386. The molecule has 0 saturated carbocycles. The molecule has 1 aromatic carbocycles. The summed E-state index contributed by atoms with van der Waals surface area (Å²) in [6.07, 6.45) is 0. The molecule has 0 radical (unpaired) electrons. The Morgan fingerprint density at radius 3 is 2.62 bits per heavy atom. The van der Waals surface area contributed by atoms with Crippen LogP contribution in [0.15, 0.2) is 41.4 Å². The van der Waals surface area contributed by atoms with Crippen LogP contribution in [0.1, 0.15) is 34.1 Å². The van der Waals surface area contributed by atoms with Gasteiger partial charge in [-0.2, -0.15) is 5.26 Å². The fourth-order valence-corrected chi connectivity index (χ4v) is 2.84. The number of hydrogen-bond donors (Lipinski definition) is 0. The van der Waals surface area contributed by atoms with Gasteiger partial charge in [0.25, 0.3) is 0 Å². The van der Waals surface area contributed by atoms with Gasteiger partial charge in [-0.15, -0.1) is 0 Å². The number of rotatable bonds is 6. The first-order valence-corrected chi connectivity index (χ1v) is 8.25. The number of esters is 1. The van der Waals surface area contributed by atoms with E-state index in [1.807, 2.05) is 36.4 Å². The van der Waals surface area contributed by atoms with Crippen LogP contribution in [-0.2, 0) is 16.1 Å². The Hall–Kier alpha value is -2.65. The van der Waals surface area contributed by atoms with E-state index in [9.17, 15) is 14.9 Å². The highest BCUT2D eigenvalue weighted by atomic mass is 32.2. The number of hydrogen-bond acceptors (Lipinski definition) is 6. The van der Waals surface area contributed by atoms with Crippen molar-refractivity contribution in [2.24, 2.45) is 0 Å². The highest BCUT2D eigenvalue weighted by Gasteiger charge is 2.14. The lowest BCUT2D eigenvalue weighted by Gasteiger charge is -2.08. The minimum Gasteiger partial charge on any atom is -0.460 e. The van der Waals surface area contributed by atoms with Crippen molar-refractivity contribution in [3.63, 3.8) is 0 Å². The second kappa shape index (κ2) is 8.27. The molecule has 0 fully saturated rings. The third-order valence-corrected chi connectivity index (χ3v) is 4.21. The van der Waals surface area contributed by atoms with Crippen molar-refractivity contribution in [1.82, 2.24) is 4.98 Å². The third-order valence-electron chi connectivity index (χ3n) is 3.25. The first-order valence-electron chi connectivity index (χ1n) is 7.26. The van der Waals surface area contributed by atoms with Gasteiger partial charge >= 0.3 is 5.97 Å². The molecule has 6 heteroatoms. The average molecular weight is 340 g/mol. The second-order valence-corrected chi connectivity index (χ2v) is 6.04. The predicted octanol–water partition coefficient (Wildman–Crippen LogP) is 3.30. The lowest BCUT2D eigenvalue weighted by Crippen LogP contribution is -2.08. The highest BCUT2D eigenvalue weighted by Crippen LogP contribution is 2.23. The van der Waals surface area contributed by atoms with Gasteiger partial charge in [0.15, 0.2) is 5.78 Å². The van der Waals surface area contributed by atoms with E-state index in [0.717, 1.165) is 17.3 Å².